The van der Waals surface area contributed by atoms with Crippen molar-refractivity contribution >= 4 is 17.1 Å². The molecule has 2 N–H and O–H groups in total. The van der Waals surface area contributed by atoms with Crippen molar-refractivity contribution in [3.8, 4) is 12.1 Å². The predicted molar refractivity (Wildman–Crippen MR) is 76.1 cm³/mol. The topological polar surface area (TPSA) is 95.4 Å². The number of hydrogen-bond acceptors (Lipinski definition) is 6. The van der Waals surface area contributed by atoms with Crippen molar-refractivity contribution in [1.82, 2.24) is 0 Å². The highest BCUT2D eigenvalue weighted by Crippen LogP contribution is 2.30. The van der Waals surface area contributed by atoms with Crippen LogP contribution < -0.4 is 10.3 Å². The third-order valence-electron chi connectivity index (χ3n) is 3.29. The number of aliphatic hydroxyl groups excluding tert-OH is 1. The molecule has 0 unspecified atom stereocenters. The van der Waals surface area contributed by atoms with Gasteiger partial charge < -0.3 is 10.0 Å². The van der Waals surface area contributed by atoms with Crippen LogP contribution in [0.15, 0.2) is 23.3 Å². The van der Waals surface area contributed by atoms with Gasteiger partial charge in [0.2, 0.25) is 5.71 Å². The van der Waals surface area contributed by atoms with Gasteiger partial charge in [-0.3, -0.25) is 5.43 Å². The van der Waals surface area contributed by atoms with Gasteiger partial charge in [-0.25, -0.2) is 4.39 Å². The van der Waals surface area contributed by atoms with E-state index in [9.17, 15) is 9.50 Å². The summed E-state index contributed by atoms with van der Waals surface area (Å²) in [5.41, 5.74) is 2.80. The van der Waals surface area contributed by atoms with Crippen molar-refractivity contribution in [3.05, 3.63) is 24.0 Å². The van der Waals surface area contributed by atoms with Gasteiger partial charge in [0.25, 0.3) is 0 Å². The SMILES string of the molecule is N#CC(C#N)=NNc1c(F)cccc1N1CCC(O)CC1. The first-order chi connectivity index (χ1) is 10.2. The monoisotopic (exact) mass is 287 g/mol. The number of piperidine rings is 1. The Morgan fingerprint density at radius 1 is 1.33 bits per heavy atom. The van der Waals surface area contributed by atoms with Crippen LogP contribution in [0.3, 0.4) is 0 Å². The van der Waals surface area contributed by atoms with Gasteiger partial charge in [0, 0.05) is 13.1 Å². The molecule has 0 aliphatic carbocycles. The van der Waals surface area contributed by atoms with Gasteiger partial charge >= 0.3 is 0 Å². The van der Waals surface area contributed by atoms with Crippen LogP contribution in [-0.2, 0) is 0 Å². The molecule has 1 fully saturated rings. The average molecular weight is 287 g/mol. The lowest BCUT2D eigenvalue weighted by atomic mass is 10.1. The summed E-state index contributed by atoms with van der Waals surface area (Å²) in [6.07, 6.45) is 0.898. The Balaban J connectivity index is 2.27. The molecule has 1 aliphatic heterocycles. The van der Waals surface area contributed by atoms with Crippen molar-refractivity contribution < 1.29 is 9.50 Å². The van der Waals surface area contributed by atoms with Gasteiger partial charge in [0.1, 0.15) is 23.6 Å². The molecule has 1 aromatic rings. The minimum Gasteiger partial charge on any atom is -0.393 e. The molecule has 6 nitrogen and oxygen atoms in total. The number of hydrogen-bond donors (Lipinski definition) is 2. The van der Waals surface area contributed by atoms with E-state index in [1.807, 2.05) is 4.90 Å². The smallest absolute Gasteiger partial charge is 0.237 e. The molecule has 2 rings (SSSR count). The molecule has 0 saturated carbocycles. The van der Waals surface area contributed by atoms with Crippen LogP contribution in [0.4, 0.5) is 15.8 Å². The molecule has 1 heterocycles. The first-order valence-electron chi connectivity index (χ1n) is 6.51. The lowest BCUT2D eigenvalue weighted by Gasteiger charge is -2.32. The molecule has 1 aromatic carbocycles. The van der Waals surface area contributed by atoms with Crippen LogP contribution in [0.1, 0.15) is 12.8 Å². The number of nitrogens with zero attached hydrogens (tertiary/aromatic N) is 4. The highest BCUT2D eigenvalue weighted by atomic mass is 19.1. The molecule has 0 atom stereocenters. The first kappa shape index (κ1) is 14.8. The minimum atomic E-state index is -0.516. The highest BCUT2D eigenvalue weighted by molar-refractivity contribution is 6.10. The summed E-state index contributed by atoms with van der Waals surface area (Å²) in [6, 6.07) is 7.80. The minimum absolute atomic E-state index is 0.122. The summed E-state index contributed by atoms with van der Waals surface area (Å²) in [4.78, 5) is 1.94. The first-order valence-corrected chi connectivity index (χ1v) is 6.51. The van der Waals surface area contributed by atoms with E-state index in [4.69, 9.17) is 10.5 Å². The van der Waals surface area contributed by atoms with Crippen molar-refractivity contribution in [1.29, 1.82) is 10.5 Å². The van der Waals surface area contributed by atoms with Gasteiger partial charge in [0.15, 0.2) is 0 Å². The van der Waals surface area contributed by atoms with Crippen LogP contribution in [0.5, 0.6) is 0 Å². The van der Waals surface area contributed by atoms with E-state index in [1.54, 1.807) is 24.3 Å². The van der Waals surface area contributed by atoms with Crippen LogP contribution in [0.2, 0.25) is 0 Å². The second-order valence-electron chi connectivity index (χ2n) is 4.65. The zero-order valence-corrected chi connectivity index (χ0v) is 11.3. The number of halogens is 1. The second-order valence-corrected chi connectivity index (χ2v) is 4.65. The Labute approximate surface area is 121 Å². The van der Waals surface area contributed by atoms with Crippen molar-refractivity contribution in [3.63, 3.8) is 0 Å². The molecule has 108 valence electrons. The van der Waals surface area contributed by atoms with Gasteiger partial charge in [0.05, 0.1) is 11.8 Å². The van der Waals surface area contributed by atoms with Crippen LogP contribution in [-0.4, -0.2) is 30.0 Å². The number of nitriles is 2. The molecule has 0 aromatic heterocycles. The van der Waals surface area contributed by atoms with Crippen LogP contribution >= 0.6 is 0 Å². The van der Waals surface area contributed by atoms with E-state index in [-0.39, 0.29) is 17.5 Å². The molecule has 21 heavy (non-hydrogen) atoms. The third kappa shape index (κ3) is 3.47. The zero-order chi connectivity index (χ0) is 15.2. The maximum Gasteiger partial charge on any atom is 0.237 e. The normalized spacial score (nSPS) is 15.0. The molecule has 0 spiro atoms. The molecule has 0 radical (unpaired) electrons. The number of rotatable bonds is 3. The molecule has 0 bridgehead atoms. The molecule has 1 saturated heterocycles. The number of para-hydroxylation sites is 1. The maximum atomic E-state index is 14.0. The highest BCUT2D eigenvalue weighted by Gasteiger charge is 2.20. The summed E-state index contributed by atoms with van der Waals surface area (Å²) in [5, 5.41) is 30.4. The fourth-order valence-corrected chi connectivity index (χ4v) is 2.18. The van der Waals surface area contributed by atoms with E-state index in [1.165, 1.54) is 6.07 Å². The molecule has 7 heteroatoms. The van der Waals surface area contributed by atoms with E-state index in [0.717, 1.165) is 0 Å². The summed E-state index contributed by atoms with van der Waals surface area (Å²) in [6.45, 7) is 1.21. The molecular weight excluding hydrogens is 273 g/mol. The fourth-order valence-electron chi connectivity index (χ4n) is 2.18. The van der Waals surface area contributed by atoms with E-state index in [0.29, 0.717) is 31.6 Å². The summed E-state index contributed by atoms with van der Waals surface area (Å²) in [7, 11) is 0. The zero-order valence-electron chi connectivity index (χ0n) is 11.3. The van der Waals surface area contributed by atoms with E-state index >= 15 is 0 Å². The van der Waals surface area contributed by atoms with Gasteiger partial charge in [-0.2, -0.15) is 15.6 Å². The van der Waals surface area contributed by atoms with Crippen LogP contribution in [0, 0.1) is 28.5 Å². The Kier molecular flexibility index (Phi) is 4.70. The molecular formula is C14H14FN5O. The Bertz CT molecular complexity index is 607. The number of benzene rings is 1. The van der Waals surface area contributed by atoms with Gasteiger partial charge in [-0.1, -0.05) is 6.07 Å². The number of anilines is 2. The predicted octanol–water partition coefficient (Wildman–Crippen LogP) is 1.60. The van der Waals surface area contributed by atoms with Gasteiger partial charge in [-0.05, 0) is 25.0 Å². The Morgan fingerprint density at radius 3 is 2.62 bits per heavy atom. The van der Waals surface area contributed by atoms with Crippen molar-refractivity contribution in [2.45, 2.75) is 18.9 Å². The largest absolute Gasteiger partial charge is 0.393 e. The average Bonchev–Trinajstić information content (AvgIpc) is 2.50. The number of aliphatic hydroxyl groups is 1. The summed E-state index contributed by atoms with van der Waals surface area (Å²) < 4.78 is 14.0. The molecule has 0 amide bonds. The van der Waals surface area contributed by atoms with Crippen LogP contribution in [0.25, 0.3) is 0 Å². The summed E-state index contributed by atoms with van der Waals surface area (Å²) in [5.74, 6) is -0.516. The van der Waals surface area contributed by atoms with Crippen molar-refractivity contribution in [2.24, 2.45) is 5.10 Å². The molecule has 1 aliphatic rings. The fraction of sp³-hybridized carbons (Fsp3) is 0.357. The lowest BCUT2D eigenvalue weighted by molar-refractivity contribution is 0.145. The van der Waals surface area contributed by atoms with E-state index < -0.39 is 5.82 Å². The third-order valence-corrected chi connectivity index (χ3v) is 3.29. The van der Waals surface area contributed by atoms with Gasteiger partial charge in [-0.15, -0.1) is 0 Å². The quantitative estimate of drug-likeness (QED) is 0.650. The Hall–Kier alpha value is -2.64. The second kappa shape index (κ2) is 6.69. The van der Waals surface area contributed by atoms with E-state index in [2.05, 4.69) is 10.5 Å². The lowest BCUT2D eigenvalue weighted by Crippen LogP contribution is -2.36. The standard InChI is InChI=1S/C14H14FN5O/c15-12-2-1-3-13(20-6-4-11(21)5-7-20)14(12)19-18-10(8-16)9-17/h1-3,11,19,21H,4-7H2. The van der Waals surface area contributed by atoms with Crippen molar-refractivity contribution in [2.75, 3.05) is 23.4 Å². The maximum absolute atomic E-state index is 14.0. The number of nitrogens with one attached hydrogen (secondary N) is 1. The Morgan fingerprint density at radius 2 is 2.00 bits per heavy atom. The number of hydrazone groups is 1. The summed E-state index contributed by atoms with van der Waals surface area (Å²) >= 11 is 0.